The number of hydrogen-bond donors (Lipinski definition) is 1. The fourth-order valence-corrected chi connectivity index (χ4v) is 6.26. The smallest absolute Gasteiger partial charge is 0.273 e. The van der Waals surface area contributed by atoms with Gasteiger partial charge in [0.25, 0.3) is 5.69 Å². The van der Waals surface area contributed by atoms with Crippen LogP contribution in [0.1, 0.15) is 66.8 Å². The third-order valence-corrected chi connectivity index (χ3v) is 7.84. The van der Waals surface area contributed by atoms with E-state index >= 15 is 0 Å². The molecule has 1 saturated heterocycles. The third-order valence-electron chi connectivity index (χ3n) is 7.51. The van der Waals surface area contributed by atoms with Crippen molar-refractivity contribution in [2.24, 2.45) is 0 Å². The summed E-state index contributed by atoms with van der Waals surface area (Å²) < 4.78 is 7.70. The molecule has 0 spiro atoms. The topological polar surface area (TPSA) is 85.5 Å². The molecule has 1 aliphatic carbocycles. The first kappa shape index (κ1) is 24.2. The summed E-state index contributed by atoms with van der Waals surface area (Å²) in [4.78, 5) is 18.0. The lowest BCUT2D eigenvalue weighted by Crippen LogP contribution is -2.40. The van der Waals surface area contributed by atoms with Crippen LogP contribution in [0.3, 0.4) is 0 Å². The van der Waals surface area contributed by atoms with Gasteiger partial charge in [-0.1, -0.05) is 25.3 Å². The van der Waals surface area contributed by atoms with Gasteiger partial charge in [0, 0.05) is 29.7 Å². The third kappa shape index (κ3) is 4.21. The van der Waals surface area contributed by atoms with E-state index in [4.69, 9.17) is 17.0 Å². The molecule has 0 amide bonds. The van der Waals surface area contributed by atoms with Gasteiger partial charge >= 0.3 is 0 Å². The number of rotatable bonds is 6. The first-order chi connectivity index (χ1) is 17.4. The van der Waals surface area contributed by atoms with Gasteiger partial charge in [-0.2, -0.15) is 0 Å². The van der Waals surface area contributed by atoms with Gasteiger partial charge in [0.2, 0.25) is 0 Å². The summed E-state index contributed by atoms with van der Waals surface area (Å²) in [5.41, 5.74) is 4.98. The zero-order valence-corrected chi connectivity index (χ0v) is 21.6. The lowest BCUT2D eigenvalue weighted by molar-refractivity contribution is -0.384. The molecule has 3 heterocycles. The molecule has 2 aromatic heterocycles. The number of nitrogens with one attached hydrogen (secondary N) is 1. The number of nitro groups is 1. The Kier molecular flexibility index (Phi) is 6.66. The average molecular weight is 506 g/mol. The Balaban J connectivity index is 1.63. The number of thiocarbonyl (C=S) groups is 1. The van der Waals surface area contributed by atoms with Gasteiger partial charge in [-0.25, -0.2) is 0 Å². The molecule has 1 aliphatic heterocycles. The average Bonchev–Trinajstić information content (AvgIpc) is 3.39. The number of benzene rings is 1. The number of methoxy groups -OCH3 is 1. The van der Waals surface area contributed by atoms with Gasteiger partial charge in [0.1, 0.15) is 5.75 Å². The minimum absolute atomic E-state index is 0.00215. The van der Waals surface area contributed by atoms with Crippen molar-refractivity contribution in [3.05, 3.63) is 81.4 Å². The number of nitrogens with zero attached hydrogens (tertiary/aromatic N) is 4. The zero-order chi connectivity index (χ0) is 25.4. The van der Waals surface area contributed by atoms with Crippen molar-refractivity contribution in [3.63, 3.8) is 0 Å². The molecule has 5 rings (SSSR count). The summed E-state index contributed by atoms with van der Waals surface area (Å²) >= 11 is 5.93. The minimum Gasteiger partial charge on any atom is -0.494 e. The van der Waals surface area contributed by atoms with E-state index in [9.17, 15) is 10.1 Å². The first-order valence-corrected chi connectivity index (χ1v) is 12.8. The number of pyridine rings is 1. The number of aryl methyl sites for hydroxylation is 1. The van der Waals surface area contributed by atoms with E-state index in [1.807, 2.05) is 18.3 Å². The van der Waals surface area contributed by atoms with Crippen molar-refractivity contribution in [1.29, 1.82) is 0 Å². The Morgan fingerprint density at radius 1 is 1.14 bits per heavy atom. The lowest BCUT2D eigenvalue weighted by Gasteiger charge is -2.37. The van der Waals surface area contributed by atoms with Crippen LogP contribution >= 0.6 is 12.2 Å². The Morgan fingerprint density at radius 3 is 2.58 bits per heavy atom. The van der Waals surface area contributed by atoms with Gasteiger partial charge < -0.3 is 19.5 Å². The largest absolute Gasteiger partial charge is 0.494 e. The van der Waals surface area contributed by atoms with Crippen LogP contribution in [0.5, 0.6) is 5.75 Å². The summed E-state index contributed by atoms with van der Waals surface area (Å²) in [7, 11) is 1.54. The second-order valence-electron chi connectivity index (χ2n) is 9.60. The Bertz CT molecular complexity index is 1290. The molecule has 2 aliphatic rings. The van der Waals surface area contributed by atoms with Gasteiger partial charge in [0.15, 0.2) is 5.11 Å². The van der Waals surface area contributed by atoms with Crippen molar-refractivity contribution in [1.82, 2.24) is 19.8 Å². The van der Waals surface area contributed by atoms with Crippen LogP contribution < -0.4 is 10.1 Å². The fraction of sp³-hybridized carbons (Fsp3) is 0.407. The van der Waals surface area contributed by atoms with Crippen molar-refractivity contribution in [2.45, 2.75) is 64.1 Å². The molecule has 8 nitrogen and oxygen atoms in total. The molecule has 0 bridgehead atoms. The van der Waals surface area contributed by atoms with Crippen molar-refractivity contribution < 1.29 is 9.66 Å². The highest BCUT2D eigenvalue weighted by Crippen LogP contribution is 2.45. The van der Waals surface area contributed by atoms with Crippen LogP contribution in [0.15, 0.2) is 48.7 Å². The van der Waals surface area contributed by atoms with E-state index in [2.05, 4.69) is 45.7 Å². The predicted octanol–water partition coefficient (Wildman–Crippen LogP) is 5.71. The summed E-state index contributed by atoms with van der Waals surface area (Å²) in [6.07, 6.45) is 7.77. The molecule has 1 saturated carbocycles. The van der Waals surface area contributed by atoms with E-state index in [-0.39, 0.29) is 17.8 Å². The van der Waals surface area contributed by atoms with Crippen LogP contribution in [0, 0.1) is 24.0 Å². The fourth-order valence-electron chi connectivity index (χ4n) is 5.87. The molecule has 9 heteroatoms. The Hall–Kier alpha value is -3.46. The number of hydrogen-bond acceptors (Lipinski definition) is 5. The molecule has 3 aromatic rings. The zero-order valence-electron chi connectivity index (χ0n) is 20.8. The number of non-ortho nitro benzene ring substituents is 1. The van der Waals surface area contributed by atoms with Gasteiger partial charge in [-0.15, -0.1) is 0 Å². The van der Waals surface area contributed by atoms with E-state index in [0.717, 1.165) is 40.7 Å². The van der Waals surface area contributed by atoms with Crippen LogP contribution in [-0.2, 0) is 0 Å². The highest BCUT2D eigenvalue weighted by Gasteiger charge is 2.44. The highest BCUT2D eigenvalue weighted by atomic mass is 32.1. The Morgan fingerprint density at radius 2 is 1.92 bits per heavy atom. The highest BCUT2D eigenvalue weighted by molar-refractivity contribution is 7.80. The molecular formula is C27H31N5O3S. The van der Waals surface area contributed by atoms with E-state index in [0.29, 0.717) is 11.8 Å². The Labute approximate surface area is 216 Å². The van der Waals surface area contributed by atoms with E-state index in [1.54, 1.807) is 13.2 Å². The van der Waals surface area contributed by atoms with Crippen LogP contribution in [0.25, 0.3) is 5.69 Å². The van der Waals surface area contributed by atoms with E-state index in [1.165, 1.54) is 37.0 Å². The lowest BCUT2D eigenvalue weighted by atomic mass is 9.90. The number of nitro benzene ring substituents is 1. The predicted molar refractivity (Wildman–Crippen MR) is 143 cm³/mol. The van der Waals surface area contributed by atoms with Gasteiger partial charge in [0.05, 0.1) is 41.6 Å². The maximum atomic E-state index is 11.3. The molecule has 1 aromatic carbocycles. The van der Waals surface area contributed by atoms with E-state index < -0.39 is 4.92 Å². The number of aromatic nitrogens is 2. The molecule has 0 radical (unpaired) electrons. The molecule has 1 N–H and O–H groups in total. The van der Waals surface area contributed by atoms with Crippen molar-refractivity contribution >= 4 is 23.0 Å². The molecule has 2 fully saturated rings. The molecule has 0 unspecified atom stereocenters. The normalized spacial score (nSPS) is 20.4. The standard InChI is InChI=1S/C27H31N5O3S/c1-17-15-21(18(2)30(17)23-13-12-20(32(33)34)16-24(23)35-3)26-25(22-11-7-8-14-28-22)29-27(36)31(26)19-9-5-4-6-10-19/h7-8,11-16,19,25-26H,4-6,9-10H2,1-3H3,(H,29,36)/t25-,26-/m1/s1. The summed E-state index contributed by atoms with van der Waals surface area (Å²) in [6, 6.07) is 13.3. The molecular weight excluding hydrogens is 474 g/mol. The summed E-state index contributed by atoms with van der Waals surface area (Å²) in [6.45, 7) is 4.15. The van der Waals surface area contributed by atoms with Crippen molar-refractivity contribution in [3.8, 4) is 11.4 Å². The molecule has 188 valence electrons. The maximum Gasteiger partial charge on any atom is 0.273 e. The van der Waals surface area contributed by atoms with Crippen LogP contribution in [0.4, 0.5) is 5.69 Å². The summed E-state index contributed by atoms with van der Waals surface area (Å²) in [5, 5.41) is 15.7. The second-order valence-corrected chi connectivity index (χ2v) is 9.99. The number of ether oxygens (including phenoxy) is 1. The van der Waals surface area contributed by atoms with Gasteiger partial charge in [-0.05, 0) is 68.7 Å². The SMILES string of the molecule is COc1cc([N+](=O)[O-])ccc1-n1c(C)cc([C@@H]2[C@@H](c3ccccn3)NC(=S)N2C2CCCCC2)c1C. The first-order valence-electron chi connectivity index (χ1n) is 12.4. The van der Waals surface area contributed by atoms with Crippen LogP contribution in [-0.4, -0.2) is 37.6 Å². The van der Waals surface area contributed by atoms with Crippen LogP contribution in [0.2, 0.25) is 0 Å². The quantitative estimate of drug-likeness (QED) is 0.261. The minimum atomic E-state index is -0.405. The van der Waals surface area contributed by atoms with Gasteiger partial charge in [-0.3, -0.25) is 15.1 Å². The molecule has 2 atom stereocenters. The van der Waals surface area contributed by atoms with Crippen molar-refractivity contribution in [2.75, 3.05) is 7.11 Å². The maximum absolute atomic E-state index is 11.3. The second kappa shape index (κ2) is 9.89. The summed E-state index contributed by atoms with van der Waals surface area (Å²) in [5.74, 6) is 0.461. The molecule has 36 heavy (non-hydrogen) atoms. The monoisotopic (exact) mass is 505 g/mol.